The van der Waals surface area contributed by atoms with Crippen LogP contribution in [0, 0.1) is 22.7 Å². The van der Waals surface area contributed by atoms with Crippen molar-refractivity contribution >= 4 is 24.0 Å². The molecule has 2 fully saturated rings. The van der Waals surface area contributed by atoms with Crippen molar-refractivity contribution in [3.63, 3.8) is 0 Å². The molecule has 0 spiro atoms. The molecule has 2 aromatic carbocycles. The number of ether oxygens (including phenoxy) is 4. The molecule has 2 aromatic rings. The van der Waals surface area contributed by atoms with E-state index in [0.29, 0.717) is 24.5 Å². The van der Waals surface area contributed by atoms with Crippen LogP contribution >= 0.6 is 0 Å². The lowest BCUT2D eigenvalue weighted by molar-refractivity contribution is -0.162. The molecule has 1 amide bonds. The predicted octanol–water partition coefficient (Wildman–Crippen LogP) is 9.05. The van der Waals surface area contributed by atoms with Crippen LogP contribution in [0.3, 0.4) is 0 Å². The van der Waals surface area contributed by atoms with Crippen LogP contribution in [0.5, 0.6) is 11.5 Å². The third-order valence-corrected chi connectivity index (χ3v) is 15.6. The number of hydrogen-bond acceptors (Lipinski definition) is 10. The number of benzene rings is 2. The van der Waals surface area contributed by atoms with Gasteiger partial charge in [-0.2, -0.15) is 0 Å². The molecule has 342 valence electrons. The molecule has 0 bridgehead atoms. The highest BCUT2D eigenvalue weighted by atomic mass is 16.6. The summed E-state index contributed by atoms with van der Waals surface area (Å²) >= 11 is 0. The third-order valence-electron chi connectivity index (χ3n) is 15.6. The van der Waals surface area contributed by atoms with Gasteiger partial charge in [-0.15, -0.1) is 0 Å². The maximum Gasteiger partial charge on any atom is 0.412 e. The summed E-state index contributed by atoms with van der Waals surface area (Å²) in [4.78, 5) is 51.2. The van der Waals surface area contributed by atoms with Crippen molar-refractivity contribution < 1.29 is 38.1 Å². The average Bonchev–Trinajstić information content (AvgIpc) is 3.25. The smallest absolute Gasteiger partial charge is 0.412 e. The van der Waals surface area contributed by atoms with Crippen LogP contribution in [0.1, 0.15) is 153 Å². The van der Waals surface area contributed by atoms with E-state index < -0.39 is 16.9 Å². The molecule has 4 aliphatic carbocycles. The summed E-state index contributed by atoms with van der Waals surface area (Å²) in [5, 5.41) is 9.85. The van der Waals surface area contributed by atoms with Gasteiger partial charge in [-0.1, -0.05) is 58.1 Å². The van der Waals surface area contributed by atoms with Crippen molar-refractivity contribution in [3.05, 3.63) is 58.7 Å². The van der Waals surface area contributed by atoms with Gasteiger partial charge in [0, 0.05) is 13.0 Å². The zero-order chi connectivity index (χ0) is 44.4. The van der Waals surface area contributed by atoms with Crippen molar-refractivity contribution in [2.45, 2.75) is 154 Å². The van der Waals surface area contributed by atoms with E-state index in [0.717, 1.165) is 116 Å². The Morgan fingerprint density at radius 2 is 1.05 bits per heavy atom. The second kappa shape index (κ2) is 21.1. The van der Waals surface area contributed by atoms with E-state index in [9.17, 15) is 19.2 Å². The normalized spacial score (nSPS) is 27.4. The monoisotopic (exact) mass is 858 g/mol. The lowest BCUT2D eigenvalue weighted by Gasteiger charge is -2.54. The number of rotatable bonds is 20. The van der Waals surface area contributed by atoms with Crippen LogP contribution < -0.4 is 25.4 Å². The van der Waals surface area contributed by atoms with Crippen LogP contribution in [0.2, 0.25) is 0 Å². The first-order chi connectivity index (χ1) is 29.8. The van der Waals surface area contributed by atoms with Gasteiger partial charge in [0.2, 0.25) is 0 Å². The first-order valence-electron chi connectivity index (χ1n) is 23.8. The number of carbonyl (C=O) groups is 4. The molecule has 11 heteroatoms. The van der Waals surface area contributed by atoms with Crippen molar-refractivity contribution in [2.75, 3.05) is 46.9 Å². The molecule has 0 aromatic heterocycles. The maximum absolute atomic E-state index is 12.9. The van der Waals surface area contributed by atoms with Gasteiger partial charge < -0.3 is 34.9 Å². The van der Waals surface area contributed by atoms with Crippen molar-refractivity contribution in [3.8, 4) is 11.5 Å². The zero-order valence-electron chi connectivity index (χ0n) is 38.6. The standard InChI is InChI=1S/C51H75N3O8/c1-48-25-13-27-50(3,45(56)59-5)42(48)23-19-36-17-21-38(34-40(36)48)61-44(55)16-12-31-52-29-10-8-7-9-11-30-53-32-15-33-54-47(58)62-39-22-18-37-20-24-43-49(2,41(37)35-39)26-14-28-51(43,4)46(57)60-6/h17-18,21-22,34-35,42-43,52-53H,7-16,19-20,23-33H2,1-6H3,(H,54,58)/t42-,43-,48-,49-,50+,51+/m1/s1. The van der Waals surface area contributed by atoms with Crippen LogP contribution in [0.25, 0.3) is 0 Å². The van der Waals surface area contributed by atoms with E-state index in [-0.39, 0.29) is 40.6 Å². The number of nitrogens with one attached hydrogen (secondary N) is 3. The highest BCUT2D eigenvalue weighted by Gasteiger charge is 2.57. The summed E-state index contributed by atoms with van der Waals surface area (Å²) < 4.78 is 22.1. The van der Waals surface area contributed by atoms with Crippen LogP contribution in [0.15, 0.2) is 36.4 Å². The van der Waals surface area contributed by atoms with E-state index >= 15 is 0 Å². The van der Waals surface area contributed by atoms with E-state index in [2.05, 4.69) is 61.8 Å². The summed E-state index contributed by atoms with van der Waals surface area (Å²) in [6.07, 6.45) is 16.6. The Labute approximate surface area is 370 Å². The van der Waals surface area contributed by atoms with Gasteiger partial charge >= 0.3 is 24.0 Å². The lowest BCUT2D eigenvalue weighted by Crippen LogP contribution is -2.52. The molecule has 0 aliphatic heterocycles. The Morgan fingerprint density at radius 1 is 0.581 bits per heavy atom. The largest absolute Gasteiger partial charge is 0.469 e. The molecule has 0 saturated heterocycles. The number of carbonyl (C=O) groups excluding carboxylic acids is 4. The van der Waals surface area contributed by atoms with Crippen molar-refractivity contribution in [1.82, 2.24) is 16.0 Å². The number of fused-ring (bicyclic) bond motifs is 6. The molecular formula is C51H75N3O8. The van der Waals surface area contributed by atoms with Crippen molar-refractivity contribution in [1.29, 1.82) is 0 Å². The van der Waals surface area contributed by atoms with E-state index in [4.69, 9.17) is 18.9 Å². The van der Waals surface area contributed by atoms with Crippen molar-refractivity contribution in [2.24, 2.45) is 22.7 Å². The van der Waals surface area contributed by atoms with Gasteiger partial charge in [0.15, 0.2) is 0 Å². The molecule has 6 atom stereocenters. The Balaban J connectivity index is 0.770. The second-order valence-corrected chi connectivity index (χ2v) is 19.7. The lowest BCUT2D eigenvalue weighted by atomic mass is 9.50. The Hall–Kier alpha value is -3.96. The molecule has 4 aliphatic rings. The highest BCUT2D eigenvalue weighted by molar-refractivity contribution is 5.78. The molecule has 0 radical (unpaired) electrons. The minimum Gasteiger partial charge on any atom is -0.469 e. The summed E-state index contributed by atoms with van der Waals surface area (Å²) in [5.74, 6) is 1.09. The molecular weight excluding hydrogens is 783 g/mol. The molecule has 0 heterocycles. The quantitative estimate of drug-likeness (QED) is 0.0671. The SMILES string of the molecule is COC(=O)[C@@]1(C)CCC[C@]2(C)c3cc(OC(=O)CCCNCCCCCCCNCCCNC(=O)Oc4ccc5c(c4)[C@@]4(C)CCC[C@](C)(C(=O)OC)[C@@H]4CC5)ccc3CC[C@@H]12. The molecule has 2 saturated carbocycles. The number of hydrogen-bond donors (Lipinski definition) is 3. The summed E-state index contributed by atoms with van der Waals surface area (Å²) in [5.41, 5.74) is 3.67. The first kappa shape index (κ1) is 47.5. The number of unbranched alkanes of at least 4 members (excludes halogenated alkanes) is 4. The summed E-state index contributed by atoms with van der Waals surface area (Å²) in [6, 6.07) is 12.1. The molecule has 11 nitrogen and oxygen atoms in total. The van der Waals surface area contributed by atoms with Gasteiger partial charge in [-0.25, -0.2) is 4.79 Å². The average molecular weight is 858 g/mol. The number of methoxy groups -OCH3 is 2. The van der Waals surface area contributed by atoms with Crippen LogP contribution in [-0.2, 0) is 47.5 Å². The second-order valence-electron chi connectivity index (χ2n) is 19.7. The van der Waals surface area contributed by atoms with E-state index in [1.165, 1.54) is 55.7 Å². The fraction of sp³-hybridized carbons (Fsp3) is 0.686. The van der Waals surface area contributed by atoms with E-state index in [1.54, 1.807) is 0 Å². The van der Waals surface area contributed by atoms with Gasteiger partial charge in [0.25, 0.3) is 0 Å². The Morgan fingerprint density at radius 3 is 1.56 bits per heavy atom. The fourth-order valence-electron chi connectivity index (χ4n) is 12.3. The molecule has 62 heavy (non-hydrogen) atoms. The van der Waals surface area contributed by atoms with E-state index in [1.807, 2.05) is 18.2 Å². The third kappa shape index (κ3) is 10.5. The van der Waals surface area contributed by atoms with Crippen LogP contribution in [-0.4, -0.2) is 70.9 Å². The van der Waals surface area contributed by atoms with Gasteiger partial charge in [-0.05, 0) is 186 Å². The minimum absolute atomic E-state index is 0.110. The first-order valence-corrected chi connectivity index (χ1v) is 23.8. The fourth-order valence-corrected chi connectivity index (χ4v) is 12.3. The summed E-state index contributed by atoms with van der Waals surface area (Å²) in [7, 11) is 2.98. The highest BCUT2D eigenvalue weighted by Crippen LogP contribution is 2.59. The summed E-state index contributed by atoms with van der Waals surface area (Å²) in [6.45, 7) is 12.8. The topological polar surface area (TPSA) is 141 Å². The molecule has 3 N–H and O–H groups in total. The minimum atomic E-state index is -0.506. The number of esters is 3. The Kier molecular flexibility index (Phi) is 16.2. The predicted molar refractivity (Wildman–Crippen MR) is 241 cm³/mol. The Bertz CT molecular complexity index is 1750. The molecule has 6 rings (SSSR count). The van der Waals surface area contributed by atoms with Gasteiger partial charge in [-0.3, -0.25) is 14.4 Å². The maximum atomic E-state index is 12.9. The molecule has 0 unspecified atom stereocenters. The van der Waals surface area contributed by atoms with Gasteiger partial charge in [0.05, 0.1) is 25.0 Å². The number of amides is 1. The van der Waals surface area contributed by atoms with Crippen LogP contribution in [0.4, 0.5) is 4.79 Å². The van der Waals surface area contributed by atoms with Gasteiger partial charge in [0.1, 0.15) is 11.5 Å². The zero-order valence-corrected chi connectivity index (χ0v) is 38.6. The number of aryl methyl sites for hydroxylation is 2.